The lowest BCUT2D eigenvalue weighted by Gasteiger charge is -2.07. The fourth-order valence-corrected chi connectivity index (χ4v) is 2.13. The van der Waals surface area contributed by atoms with Gasteiger partial charge in [-0.1, -0.05) is 38.1 Å². The van der Waals surface area contributed by atoms with Gasteiger partial charge in [0.05, 0.1) is 5.56 Å². The maximum Gasteiger partial charge on any atom is 0.196 e. The van der Waals surface area contributed by atoms with Crippen molar-refractivity contribution in [3.8, 4) is 11.5 Å². The van der Waals surface area contributed by atoms with Crippen LogP contribution in [0.2, 0.25) is 0 Å². The number of phenolic OH excluding ortho intramolecular Hbond substituents is 2. The van der Waals surface area contributed by atoms with Gasteiger partial charge in [-0.15, -0.1) is 0 Å². The maximum absolute atomic E-state index is 12.3. The van der Waals surface area contributed by atoms with Gasteiger partial charge in [0.1, 0.15) is 11.5 Å². The van der Waals surface area contributed by atoms with Crippen LogP contribution < -0.4 is 0 Å². The summed E-state index contributed by atoms with van der Waals surface area (Å²) in [4.78, 5) is 12.3. The Bertz CT molecular complexity index is 613. The molecular formula is C17H18O3. The van der Waals surface area contributed by atoms with Gasteiger partial charge in [-0.05, 0) is 30.0 Å². The van der Waals surface area contributed by atoms with Crippen LogP contribution in [0.4, 0.5) is 0 Å². The van der Waals surface area contributed by atoms with Crippen LogP contribution in [0, 0.1) is 5.92 Å². The molecule has 0 radical (unpaired) electrons. The van der Waals surface area contributed by atoms with E-state index in [-0.39, 0.29) is 22.8 Å². The van der Waals surface area contributed by atoms with Gasteiger partial charge >= 0.3 is 0 Å². The zero-order valence-corrected chi connectivity index (χ0v) is 11.6. The normalized spacial score (nSPS) is 10.8. The third kappa shape index (κ3) is 3.18. The van der Waals surface area contributed by atoms with Crippen LogP contribution >= 0.6 is 0 Å². The van der Waals surface area contributed by atoms with Crippen LogP contribution in [0.15, 0.2) is 42.5 Å². The number of aromatic hydroxyl groups is 2. The summed E-state index contributed by atoms with van der Waals surface area (Å²) in [6, 6.07) is 11.4. The molecule has 2 N–H and O–H groups in total. The first-order chi connectivity index (χ1) is 9.47. The number of benzene rings is 2. The number of hydrogen-bond acceptors (Lipinski definition) is 3. The van der Waals surface area contributed by atoms with Crippen molar-refractivity contribution in [1.29, 1.82) is 0 Å². The van der Waals surface area contributed by atoms with Gasteiger partial charge < -0.3 is 10.2 Å². The summed E-state index contributed by atoms with van der Waals surface area (Å²) < 4.78 is 0. The number of hydrogen-bond donors (Lipinski definition) is 2. The Balaban J connectivity index is 2.25. The van der Waals surface area contributed by atoms with E-state index in [4.69, 9.17) is 0 Å². The average molecular weight is 270 g/mol. The minimum atomic E-state index is -0.251. The van der Waals surface area contributed by atoms with Crippen molar-refractivity contribution in [3.63, 3.8) is 0 Å². The lowest BCUT2D eigenvalue weighted by atomic mass is 9.98. The number of rotatable bonds is 4. The first-order valence-corrected chi connectivity index (χ1v) is 6.63. The highest BCUT2D eigenvalue weighted by Crippen LogP contribution is 2.25. The second-order valence-electron chi connectivity index (χ2n) is 5.33. The first-order valence-electron chi connectivity index (χ1n) is 6.63. The van der Waals surface area contributed by atoms with Crippen molar-refractivity contribution < 1.29 is 15.0 Å². The monoisotopic (exact) mass is 270 g/mol. The average Bonchev–Trinajstić information content (AvgIpc) is 2.38. The molecule has 2 aromatic rings. The fraction of sp³-hybridized carbons (Fsp3) is 0.235. The van der Waals surface area contributed by atoms with Crippen LogP contribution in [-0.2, 0) is 6.42 Å². The van der Waals surface area contributed by atoms with E-state index in [0.29, 0.717) is 11.5 Å². The van der Waals surface area contributed by atoms with Gasteiger partial charge in [0.2, 0.25) is 0 Å². The molecule has 3 nitrogen and oxygen atoms in total. The summed E-state index contributed by atoms with van der Waals surface area (Å²) in [6.07, 6.45) is 0.971. The summed E-state index contributed by atoms with van der Waals surface area (Å²) in [6.45, 7) is 4.29. The highest BCUT2D eigenvalue weighted by molar-refractivity contribution is 6.10. The van der Waals surface area contributed by atoms with E-state index in [2.05, 4.69) is 13.8 Å². The second kappa shape index (κ2) is 5.78. The van der Waals surface area contributed by atoms with Crippen molar-refractivity contribution >= 4 is 5.78 Å². The quantitative estimate of drug-likeness (QED) is 0.836. The number of phenols is 2. The van der Waals surface area contributed by atoms with Crippen LogP contribution in [0.1, 0.15) is 35.3 Å². The number of carbonyl (C=O) groups excluding carboxylic acids is 1. The molecule has 0 spiro atoms. The van der Waals surface area contributed by atoms with E-state index >= 15 is 0 Å². The first kappa shape index (κ1) is 14.1. The molecule has 104 valence electrons. The molecular weight excluding hydrogens is 252 g/mol. The van der Waals surface area contributed by atoms with E-state index in [9.17, 15) is 15.0 Å². The Morgan fingerprint density at radius 3 is 2.25 bits per heavy atom. The molecule has 0 saturated carbocycles. The van der Waals surface area contributed by atoms with Crippen LogP contribution in [0.5, 0.6) is 11.5 Å². The molecule has 0 heterocycles. The number of carbonyl (C=O) groups is 1. The van der Waals surface area contributed by atoms with Gasteiger partial charge in [-0.2, -0.15) is 0 Å². The predicted octanol–water partition coefficient (Wildman–Crippen LogP) is 3.53. The highest BCUT2D eigenvalue weighted by Gasteiger charge is 2.14. The molecule has 2 rings (SSSR count). The molecule has 0 fully saturated rings. The van der Waals surface area contributed by atoms with Crippen molar-refractivity contribution in [2.75, 3.05) is 0 Å². The van der Waals surface area contributed by atoms with Gasteiger partial charge in [-0.25, -0.2) is 0 Å². The van der Waals surface area contributed by atoms with Crippen molar-refractivity contribution in [1.82, 2.24) is 0 Å². The SMILES string of the molecule is CC(C)Cc1ccc(C(=O)c2ccc(O)cc2O)cc1. The van der Waals surface area contributed by atoms with Crippen molar-refractivity contribution in [2.24, 2.45) is 5.92 Å². The third-order valence-electron chi connectivity index (χ3n) is 3.09. The summed E-state index contributed by atoms with van der Waals surface area (Å²) in [5.74, 6) is 0.0453. The van der Waals surface area contributed by atoms with Crippen LogP contribution in [0.25, 0.3) is 0 Å². The van der Waals surface area contributed by atoms with Crippen molar-refractivity contribution in [2.45, 2.75) is 20.3 Å². The Hall–Kier alpha value is -2.29. The maximum atomic E-state index is 12.3. The lowest BCUT2D eigenvalue weighted by molar-refractivity contribution is 0.103. The predicted molar refractivity (Wildman–Crippen MR) is 78.2 cm³/mol. The molecule has 2 aromatic carbocycles. The molecule has 0 amide bonds. The van der Waals surface area contributed by atoms with Gasteiger partial charge in [-0.3, -0.25) is 4.79 Å². The zero-order valence-electron chi connectivity index (χ0n) is 11.6. The molecule has 3 heteroatoms. The molecule has 0 aliphatic carbocycles. The van der Waals surface area contributed by atoms with Gasteiger partial charge in [0.25, 0.3) is 0 Å². The summed E-state index contributed by atoms with van der Waals surface area (Å²) in [5.41, 5.74) is 1.91. The highest BCUT2D eigenvalue weighted by atomic mass is 16.3. The molecule has 0 bridgehead atoms. The van der Waals surface area contributed by atoms with E-state index in [1.807, 2.05) is 12.1 Å². The standard InChI is InChI=1S/C17H18O3/c1-11(2)9-12-3-5-13(6-4-12)17(20)15-8-7-14(18)10-16(15)19/h3-8,10-11,18-19H,9H2,1-2H3. The molecule has 0 aromatic heterocycles. The fourth-order valence-electron chi connectivity index (χ4n) is 2.13. The van der Waals surface area contributed by atoms with Gasteiger partial charge in [0.15, 0.2) is 5.78 Å². The van der Waals surface area contributed by atoms with E-state index in [1.165, 1.54) is 23.8 Å². The molecule has 0 atom stereocenters. The van der Waals surface area contributed by atoms with Gasteiger partial charge in [0, 0.05) is 11.6 Å². The Morgan fingerprint density at radius 2 is 1.70 bits per heavy atom. The molecule has 0 aliphatic rings. The van der Waals surface area contributed by atoms with Crippen LogP contribution in [-0.4, -0.2) is 16.0 Å². The lowest BCUT2D eigenvalue weighted by Crippen LogP contribution is -2.02. The zero-order chi connectivity index (χ0) is 14.7. The van der Waals surface area contributed by atoms with E-state index < -0.39 is 0 Å². The molecule has 20 heavy (non-hydrogen) atoms. The molecule has 0 unspecified atom stereocenters. The summed E-state index contributed by atoms with van der Waals surface area (Å²) in [5, 5.41) is 19.0. The third-order valence-corrected chi connectivity index (χ3v) is 3.09. The topological polar surface area (TPSA) is 57.5 Å². The smallest absolute Gasteiger partial charge is 0.196 e. The summed E-state index contributed by atoms with van der Waals surface area (Å²) in [7, 11) is 0. The minimum absolute atomic E-state index is 0.0636. The Kier molecular flexibility index (Phi) is 4.08. The van der Waals surface area contributed by atoms with Crippen molar-refractivity contribution in [3.05, 3.63) is 59.2 Å². The largest absolute Gasteiger partial charge is 0.508 e. The van der Waals surface area contributed by atoms with E-state index in [1.54, 1.807) is 12.1 Å². The summed E-state index contributed by atoms with van der Waals surface area (Å²) >= 11 is 0. The Labute approximate surface area is 118 Å². The minimum Gasteiger partial charge on any atom is -0.508 e. The molecule has 0 aliphatic heterocycles. The second-order valence-corrected chi connectivity index (χ2v) is 5.33. The number of ketones is 1. The molecule has 0 saturated heterocycles. The van der Waals surface area contributed by atoms with Crippen LogP contribution in [0.3, 0.4) is 0 Å². The Morgan fingerprint density at radius 1 is 1.05 bits per heavy atom. The van der Waals surface area contributed by atoms with E-state index in [0.717, 1.165) is 6.42 Å².